The van der Waals surface area contributed by atoms with Gasteiger partial charge in [0.25, 0.3) is 5.69 Å². The van der Waals surface area contributed by atoms with Crippen LogP contribution in [0.4, 0.5) is 5.69 Å². The van der Waals surface area contributed by atoms with Gasteiger partial charge in [0, 0.05) is 18.1 Å². The number of benzene rings is 1. The molecule has 0 saturated heterocycles. The van der Waals surface area contributed by atoms with Crippen LogP contribution in [0.2, 0.25) is 0 Å². The van der Waals surface area contributed by atoms with E-state index in [9.17, 15) is 14.7 Å². The minimum Gasteiger partial charge on any atom is -0.306 e. The molecule has 2 atom stereocenters. The molecule has 162 valence electrons. The molecule has 1 aromatic rings. The summed E-state index contributed by atoms with van der Waals surface area (Å²) in [7, 11) is -3.48. The predicted octanol–water partition coefficient (Wildman–Crippen LogP) is 7.08. The molecule has 0 aromatic heterocycles. The first kappa shape index (κ1) is 24.8. The van der Waals surface area contributed by atoms with Gasteiger partial charge in [0.15, 0.2) is 0 Å². The number of hydrogen-bond acceptors (Lipinski definition) is 8. The Balaban J connectivity index is 2.61. The van der Waals surface area contributed by atoms with Crippen molar-refractivity contribution >= 4 is 48.6 Å². The quantitative estimate of drug-likeness (QED) is 0.190. The van der Waals surface area contributed by atoms with E-state index >= 15 is 0 Å². The normalized spacial score (nSPS) is 20.1. The van der Waals surface area contributed by atoms with E-state index in [1.807, 2.05) is 25.6 Å². The number of nitro groups is 1. The molecular weight excluding hydrogens is 449 g/mol. The van der Waals surface area contributed by atoms with E-state index in [2.05, 4.69) is 13.8 Å². The summed E-state index contributed by atoms with van der Waals surface area (Å²) in [5.74, 6) is 1.67. The molecule has 0 saturated carbocycles. The predicted molar refractivity (Wildman–Crippen MR) is 126 cm³/mol. The highest BCUT2D eigenvalue weighted by molar-refractivity contribution is 8.28. The number of nitrogens with zero attached hydrogens (tertiary/aromatic N) is 1. The van der Waals surface area contributed by atoms with Gasteiger partial charge in [-0.05, 0) is 37.3 Å². The molecule has 0 amide bonds. The Labute approximate surface area is 185 Å². The molecule has 0 aliphatic carbocycles. The van der Waals surface area contributed by atoms with E-state index < -0.39 is 12.5 Å². The van der Waals surface area contributed by atoms with Crippen molar-refractivity contribution < 1.29 is 18.5 Å². The fourth-order valence-corrected chi connectivity index (χ4v) is 10.2. The van der Waals surface area contributed by atoms with E-state index in [-0.39, 0.29) is 24.8 Å². The second kappa shape index (κ2) is 11.8. The number of allylic oxidation sites excluding steroid dienone is 1. The topological polar surface area (TPSA) is 78.7 Å². The van der Waals surface area contributed by atoms with E-state index in [0.29, 0.717) is 9.90 Å². The molecule has 0 fully saturated rings. The van der Waals surface area contributed by atoms with Crippen molar-refractivity contribution in [1.29, 1.82) is 0 Å². The number of hydrogen-bond donors (Lipinski definition) is 0. The third-order valence-electron chi connectivity index (χ3n) is 4.23. The minimum atomic E-state index is -3.48. The van der Waals surface area contributed by atoms with Gasteiger partial charge in [0.05, 0.1) is 32.3 Å². The van der Waals surface area contributed by atoms with Crippen LogP contribution in [0.5, 0.6) is 0 Å². The van der Waals surface area contributed by atoms with Gasteiger partial charge < -0.3 is 9.05 Å². The molecule has 10 heteroatoms. The second-order valence-corrected chi connectivity index (χ2v) is 12.6. The monoisotopic (exact) mass is 477 g/mol. The molecule has 1 aliphatic heterocycles. The Kier molecular flexibility index (Phi) is 10.1. The summed E-state index contributed by atoms with van der Waals surface area (Å²) < 4.78 is 26.6. The average Bonchev–Trinajstić information content (AvgIpc) is 2.68. The fourth-order valence-electron chi connectivity index (χ4n) is 3.14. The summed E-state index contributed by atoms with van der Waals surface area (Å²) in [5.41, 5.74) is 0.950. The van der Waals surface area contributed by atoms with Crippen LogP contribution < -0.4 is 0 Å². The lowest BCUT2D eigenvalue weighted by molar-refractivity contribution is -0.384. The second-order valence-electron chi connectivity index (χ2n) is 6.08. The fraction of sp³-hybridized carbons (Fsp3) is 0.579. The van der Waals surface area contributed by atoms with Gasteiger partial charge >= 0.3 is 7.60 Å². The Hall–Kier alpha value is -0.440. The molecular formula is C19H28NO5PS3. The van der Waals surface area contributed by atoms with Crippen molar-refractivity contribution in [2.24, 2.45) is 0 Å². The van der Waals surface area contributed by atoms with Crippen molar-refractivity contribution in [3.05, 3.63) is 49.5 Å². The third kappa shape index (κ3) is 6.28. The average molecular weight is 478 g/mol. The molecule has 0 spiro atoms. The van der Waals surface area contributed by atoms with Crippen molar-refractivity contribution in [2.75, 3.05) is 24.7 Å². The van der Waals surface area contributed by atoms with E-state index in [1.165, 1.54) is 12.1 Å². The Morgan fingerprint density at radius 3 is 2.24 bits per heavy atom. The Morgan fingerprint density at radius 2 is 1.76 bits per heavy atom. The smallest absolute Gasteiger partial charge is 0.306 e. The van der Waals surface area contributed by atoms with Crippen LogP contribution in [-0.4, -0.2) is 34.2 Å². The Bertz CT molecular complexity index is 762. The molecule has 1 aromatic carbocycles. The SMILES string of the molecule is CCOP(=O)(OCC)C1=C(SCC)S[C@H](SCC)C[C@@H]1c1ccc([N+](=O)[O-])cc1. The van der Waals surface area contributed by atoms with Crippen LogP contribution in [0.15, 0.2) is 33.8 Å². The lowest BCUT2D eigenvalue weighted by atomic mass is 9.95. The van der Waals surface area contributed by atoms with E-state index in [1.54, 1.807) is 35.7 Å². The van der Waals surface area contributed by atoms with Gasteiger partial charge in [-0.2, -0.15) is 0 Å². The number of rotatable bonds is 11. The van der Waals surface area contributed by atoms with Crippen LogP contribution in [0.1, 0.15) is 45.6 Å². The van der Waals surface area contributed by atoms with Gasteiger partial charge in [0.2, 0.25) is 0 Å². The summed E-state index contributed by atoms with van der Waals surface area (Å²) in [6.45, 7) is 8.39. The lowest BCUT2D eigenvalue weighted by Gasteiger charge is -2.35. The maximum Gasteiger partial charge on any atom is 0.359 e. The molecule has 0 radical (unpaired) electrons. The van der Waals surface area contributed by atoms with Crippen LogP contribution >= 0.6 is 42.9 Å². The molecule has 1 aliphatic rings. The van der Waals surface area contributed by atoms with Crippen LogP contribution in [0.3, 0.4) is 0 Å². The van der Waals surface area contributed by atoms with Crippen molar-refractivity contribution in [2.45, 2.75) is 44.6 Å². The first-order valence-corrected chi connectivity index (χ1v) is 14.1. The van der Waals surface area contributed by atoms with Crippen molar-refractivity contribution in [1.82, 2.24) is 0 Å². The summed E-state index contributed by atoms with van der Waals surface area (Å²) in [4.78, 5) is 10.7. The highest BCUT2D eigenvalue weighted by atomic mass is 32.2. The third-order valence-corrected chi connectivity index (χ3v) is 10.8. The van der Waals surface area contributed by atoms with Crippen molar-refractivity contribution in [3.8, 4) is 0 Å². The highest BCUT2D eigenvalue weighted by Crippen LogP contribution is 2.68. The van der Waals surface area contributed by atoms with Gasteiger partial charge in [-0.1, -0.05) is 26.0 Å². The molecule has 0 N–H and O–H groups in total. The number of nitro benzene ring substituents is 1. The molecule has 0 unspecified atom stereocenters. The summed E-state index contributed by atoms with van der Waals surface area (Å²) in [5, 5.41) is 11.8. The number of thioether (sulfide) groups is 3. The van der Waals surface area contributed by atoms with Gasteiger partial charge in [0.1, 0.15) is 0 Å². The summed E-state index contributed by atoms with van der Waals surface area (Å²) in [6, 6.07) is 6.55. The first-order valence-electron chi connectivity index (χ1n) is 9.69. The standard InChI is InChI=1S/C19H28NO5PS3/c1-5-24-26(23,25-6-2)18-16(14-9-11-15(12-10-14)20(21)22)13-17(27-7-3)29-19(18)28-8-4/h9-12,16-17H,5-8,13H2,1-4H3/t16-,17+/m1/s1. The van der Waals surface area contributed by atoms with Gasteiger partial charge in [-0.25, -0.2) is 0 Å². The van der Waals surface area contributed by atoms with Crippen LogP contribution in [0.25, 0.3) is 0 Å². The first-order chi connectivity index (χ1) is 13.9. The highest BCUT2D eigenvalue weighted by Gasteiger charge is 2.43. The molecule has 0 bridgehead atoms. The van der Waals surface area contributed by atoms with Gasteiger partial charge in [-0.15, -0.1) is 35.3 Å². The lowest BCUT2D eigenvalue weighted by Crippen LogP contribution is -2.18. The molecule has 6 nitrogen and oxygen atoms in total. The zero-order valence-electron chi connectivity index (χ0n) is 17.2. The number of non-ortho nitro benzene ring substituents is 1. The van der Waals surface area contributed by atoms with E-state index in [0.717, 1.165) is 27.7 Å². The molecule has 1 heterocycles. The summed E-state index contributed by atoms with van der Waals surface area (Å²) in [6.07, 6.45) is 0.772. The zero-order chi connectivity index (χ0) is 21.4. The maximum atomic E-state index is 13.8. The zero-order valence-corrected chi connectivity index (χ0v) is 20.5. The largest absolute Gasteiger partial charge is 0.359 e. The maximum absolute atomic E-state index is 13.8. The molecule has 29 heavy (non-hydrogen) atoms. The van der Waals surface area contributed by atoms with Gasteiger partial charge in [-0.3, -0.25) is 14.7 Å². The minimum absolute atomic E-state index is 0.0462. The van der Waals surface area contributed by atoms with Crippen molar-refractivity contribution in [3.63, 3.8) is 0 Å². The van der Waals surface area contributed by atoms with Crippen LogP contribution in [-0.2, 0) is 13.6 Å². The Morgan fingerprint density at radius 1 is 1.14 bits per heavy atom. The van der Waals surface area contributed by atoms with E-state index in [4.69, 9.17) is 9.05 Å². The molecule has 2 rings (SSSR count). The summed E-state index contributed by atoms with van der Waals surface area (Å²) >= 11 is 5.27. The van der Waals surface area contributed by atoms with Crippen LogP contribution in [0, 0.1) is 10.1 Å².